The molecular weight excluding hydrogens is 228 g/mol. The number of nitrogens with zero attached hydrogens (tertiary/aromatic N) is 1. The number of carbonyl (C=O) groups is 1. The van der Waals surface area contributed by atoms with Crippen LogP contribution in [0.3, 0.4) is 0 Å². The van der Waals surface area contributed by atoms with Gasteiger partial charge in [0.05, 0.1) is 5.71 Å². The largest absolute Gasteiger partial charge is 0.443 e. The zero-order valence-corrected chi connectivity index (χ0v) is 10.7. The van der Waals surface area contributed by atoms with E-state index in [4.69, 9.17) is 4.74 Å². The minimum Gasteiger partial charge on any atom is -0.443 e. The van der Waals surface area contributed by atoms with Gasteiger partial charge in [-0.15, -0.1) is 0 Å². The van der Waals surface area contributed by atoms with E-state index in [1.165, 1.54) is 0 Å². The van der Waals surface area contributed by atoms with Gasteiger partial charge in [0.1, 0.15) is 6.61 Å². The SMILES string of the molecule is CC/C=C\C(COC(=O)Nc1ccccc1)=NC. The van der Waals surface area contributed by atoms with Crippen LogP contribution in [-0.2, 0) is 4.74 Å². The number of rotatable bonds is 5. The molecule has 1 aromatic carbocycles. The van der Waals surface area contributed by atoms with Crippen LogP contribution >= 0.6 is 0 Å². The zero-order valence-electron chi connectivity index (χ0n) is 10.7. The van der Waals surface area contributed by atoms with E-state index >= 15 is 0 Å². The lowest BCUT2D eigenvalue weighted by Gasteiger charge is -2.06. The summed E-state index contributed by atoms with van der Waals surface area (Å²) in [5, 5.41) is 2.64. The summed E-state index contributed by atoms with van der Waals surface area (Å²) < 4.78 is 5.06. The molecule has 0 saturated heterocycles. The Morgan fingerprint density at radius 2 is 2.11 bits per heavy atom. The first-order chi connectivity index (χ1) is 8.76. The van der Waals surface area contributed by atoms with Gasteiger partial charge >= 0.3 is 6.09 Å². The predicted molar refractivity (Wildman–Crippen MR) is 74.2 cm³/mol. The smallest absolute Gasteiger partial charge is 0.412 e. The number of nitrogens with one attached hydrogen (secondary N) is 1. The van der Waals surface area contributed by atoms with Gasteiger partial charge in [0.25, 0.3) is 0 Å². The van der Waals surface area contributed by atoms with E-state index in [0.717, 1.165) is 12.1 Å². The summed E-state index contributed by atoms with van der Waals surface area (Å²) in [6.07, 6.45) is 4.28. The number of ether oxygens (including phenoxy) is 1. The molecule has 96 valence electrons. The number of aliphatic imine (C=N–C) groups is 1. The van der Waals surface area contributed by atoms with Gasteiger partial charge in [-0.2, -0.15) is 0 Å². The predicted octanol–water partition coefficient (Wildman–Crippen LogP) is 3.27. The van der Waals surface area contributed by atoms with Crippen molar-refractivity contribution in [3.8, 4) is 0 Å². The number of allylic oxidation sites excluding steroid dienone is 1. The summed E-state index contributed by atoms with van der Waals surface area (Å²) in [7, 11) is 1.67. The second-order valence-corrected chi connectivity index (χ2v) is 3.59. The van der Waals surface area contributed by atoms with E-state index < -0.39 is 6.09 Å². The van der Waals surface area contributed by atoms with E-state index in [2.05, 4.69) is 10.3 Å². The summed E-state index contributed by atoms with van der Waals surface area (Å²) in [5.41, 5.74) is 1.45. The third-order valence-electron chi connectivity index (χ3n) is 2.20. The van der Waals surface area contributed by atoms with Crippen LogP contribution in [0.25, 0.3) is 0 Å². The average Bonchev–Trinajstić information content (AvgIpc) is 2.40. The third kappa shape index (κ3) is 5.30. The van der Waals surface area contributed by atoms with Crippen LogP contribution in [0.15, 0.2) is 47.5 Å². The zero-order chi connectivity index (χ0) is 13.2. The van der Waals surface area contributed by atoms with Crippen molar-refractivity contribution in [2.45, 2.75) is 13.3 Å². The molecule has 0 atom stereocenters. The highest BCUT2D eigenvalue weighted by Gasteiger charge is 2.03. The normalized spacial score (nSPS) is 11.6. The molecule has 0 aromatic heterocycles. The third-order valence-corrected chi connectivity index (χ3v) is 2.20. The highest BCUT2D eigenvalue weighted by molar-refractivity contribution is 5.97. The second kappa shape index (κ2) is 8.06. The maximum Gasteiger partial charge on any atom is 0.412 e. The fraction of sp³-hybridized carbons (Fsp3) is 0.286. The maximum atomic E-state index is 11.5. The highest BCUT2D eigenvalue weighted by atomic mass is 16.5. The van der Waals surface area contributed by atoms with Crippen LogP contribution in [-0.4, -0.2) is 25.5 Å². The van der Waals surface area contributed by atoms with E-state index in [-0.39, 0.29) is 6.61 Å². The summed E-state index contributed by atoms with van der Waals surface area (Å²) >= 11 is 0. The Morgan fingerprint density at radius 1 is 1.39 bits per heavy atom. The molecule has 4 nitrogen and oxygen atoms in total. The fourth-order valence-corrected chi connectivity index (χ4v) is 1.26. The molecule has 0 aliphatic rings. The Balaban J connectivity index is 2.39. The molecule has 0 heterocycles. The first-order valence-electron chi connectivity index (χ1n) is 5.87. The van der Waals surface area contributed by atoms with Gasteiger partial charge in [0.15, 0.2) is 0 Å². The number of hydrogen-bond donors (Lipinski definition) is 1. The van der Waals surface area contributed by atoms with E-state index in [9.17, 15) is 4.79 Å². The highest BCUT2D eigenvalue weighted by Crippen LogP contribution is 2.05. The van der Waals surface area contributed by atoms with Crippen LogP contribution in [0.5, 0.6) is 0 Å². The Hall–Kier alpha value is -2.10. The molecule has 0 aliphatic heterocycles. The summed E-state index contributed by atoms with van der Waals surface area (Å²) in [5.74, 6) is 0. The molecule has 0 spiro atoms. The number of hydrogen-bond acceptors (Lipinski definition) is 3. The Labute approximate surface area is 107 Å². The first kappa shape index (κ1) is 14.0. The Kier molecular flexibility index (Phi) is 6.25. The van der Waals surface area contributed by atoms with Gasteiger partial charge in [-0.3, -0.25) is 10.3 Å². The van der Waals surface area contributed by atoms with E-state index in [1.54, 1.807) is 19.2 Å². The minimum absolute atomic E-state index is 0.172. The Bertz CT molecular complexity index is 425. The van der Waals surface area contributed by atoms with Gasteiger partial charge in [-0.05, 0) is 24.6 Å². The van der Waals surface area contributed by atoms with Crippen LogP contribution < -0.4 is 5.32 Å². The maximum absolute atomic E-state index is 11.5. The number of para-hydroxylation sites is 1. The molecule has 0 saturated carbocycles. The molecule has 1 amide bonds. The van der Waals surface area contributed by atoms with Gasteiger partial charge < -0.3 is 4.74 Å². The number of benzene rings is 1. The van der Waals surface area contributed by atoms with Crippen molar-refractivity contribution in [3.63, 3.8) is 0 Å². The monoisotopic (exact) mass is 246 g/mol. The summed E-state index contributed by atoms with van der Waals surface area (Å²) in [6.45, 7) is 2.21. The number of carbonyl (C=O) groups excluding carboxylic acids is 1. The fourth-order valence-electron chi connectivity index (χ4n) is 1.26. The van der Waals surface area contributed by atoms with Crippen molar-refractivity contribution < 1.29 is 9.53 Å². The topological polar surface area (TPSA) is 50.7 Å². The van der Waals surface area contributed by atoms with Crippen molar-refractivity contribution in [2.75, 3.05) is 19.0 Å². The standard InChI is InChI=1S/C14H18N2O2/c1-3-4-8-13(15-2)11-18-14(17)16-12-9-6-5-7-10-12/h4-10H,3,11H2,1-2H3,(H,16,17)/b8-4-,15-13?. The van der Waals surface area contributed by atoms with Gasteiger partial charge in [0, 0.05) is 12.7 Å². The van der Waals surface area contributed by atoms with Crippen molar-refractivity contribution in [1.82, 2.24) is 0 Å². The van der Waals surface area contributed by atoms with Crippen molar-refractivity contribution in [3.05, 3.63) is 42.5 Å². The van der Waals surface area contributed by atoms with Crippen LogP contribution in [0.1, 0.15) is 13.3 Å². The summed E-state index contributed by atoms with van der Waals surface area (Å²) in [6, 6.07) is 9.17. The molecular formula is C14H18N2O2. The van der Waals surface area contributed by atoms with Gasteiger partial charge in [0.2, 0.25) is 0 Å². The van der Waals surface area contributed by atoms with Crippen molar-refractivity contribution >= 4 is 17.5 Å². The summed E-state index contributed by atoms with van der Waals surface area (Å²) in [4.78, 5) is 15.5. The van der Waals surface area contributed by atoms with Gasteiger partial charge in [-0.25, -0.2) is 4.79 Å². The lowest BCUT2D eigenvalue weighted by atomic mass is 10.3. The lowest BCUT2D eigenvalue weighted by molar-refractivity contribution is 0.178. The molecule has 0 fully saturated rings. The molecule has 4 heteroatoms. The first-order valence-corrected chi connectivity index (χ1v) is 5.87. The lowest BCUT2D eigenvalue weighted by Crippen LogP contribution is -2.17. The van der Waals surface area contributed by atoms with Crippen molar-refractivity contribution in [2.24, 2.45) is 4.99 Å². The quantitative estimate of drug-likeness (QED) is 0.810. The number of anilines is 1. The van der Waals surface area contributed by atoms with Crippen LogP contribution in [0, 0.1) is 0 Å². The second-order valence-electron chi connectivity index (χ2n) is 3.59. The molecule has 1 N–H and O–H groups in total. The molecule has 0 bridgehead atoms. The molecule has 0 aliphatic carbocycles. The molecule has 18 heavy (non-hydrogen) atoms. The van der Waals surface area contributed by atoms with E-state index in [0.29, 0.717) is 5.69 Å². The molecule has 0 unspecified atom stereocenters. The van der Waals surface area contributed by atoms with Crippen LogP contribution in [0.2, 0.25) is 0 Å². The van der Waals surface area contributed by atoms with Crippen molar-refractivity contribution in [1.29, 1.82) is 0 Å². The average molecular weight is 246 g/mol. The molecule has 1 rings (SSSR count). The number of amides is 1. The van der Waals surface area contributed by atoms with E-state index in [1.807, 2.05) is 37.3 Å². The molecule has 0 radical (unpaired) electrons. The Morgan fingerprint density at radius 3 is 2.72 bits per heavy atom. The minimum atomic E-state index is -0.479. The molecule has 1 aromatic rings. The van der Waals surface area contributed by atoms with Crippen LogP contribution in [0.4, 0.5) is 10.5 Å². The van der Waals surface area contributed by atoms with Gasteiger partial charge in [-0.1, -0.05) is 31.2 Å².